The van der Waals surface area contributed by atoms with Crippen molar-refractivity contribution in [1.82, 2.24) is 4.90 Å². The highest BCUT2D eigenvalue weighted by Gasteiger charge is 2.10. The van der Waals surface area contributed by atoms with Crippen molar-refractivity contribution in [2.75, 3.05) is 13.1 Å². The van der Waals surface area contributed by atoms with Crippen LogP contribution in [0.15, 0.2) is 24.3 Å². The van der Waals surface area contributed by atoms with Crippen LogP contribution >= 0.6 is 0 Å². The van der Waals surface area contributed by atoms with Gasteiger partial charge in [0.15, 0.2) is 0 Å². The van der Waals surface area contributed by atoms with Gasteiger partial charge in [0.25, 0.3) is 0 Å². The van der Waals surface area contributed by atoms with E-state index in [9.17, 15) is 0 Å². The van der Waals surface area contributed by atoms with Crippen molar-refractivity contribution in [3.05, 3.63) is 35.4 Å². The second-order valence-corrected chi connectivity index (χ2v) is 3.97. The molecule has 2 rings (SSSR count). The minimum absolute atomic E-state index is 1.14. The fourth-order valence-corrected chi connectivity index (χ4v) is 1.89. The Bertz CT molecular complexity index is 257. The SMILES string of the molecule is CC.CC.Cc1ccc(CN2CCCC2)cc1. The minimum atomic E-state index is 1.14. The van der Waals surface area contributed by atoms with Gasteiger partial charge in [-0.3, -0.25) is 4.90 Å². The van der Waals surface area contributed by atoms with Crippen molar-refractivity contribution in [1.29, 1.82) is 0 Å². The fourth-order valence-electron chi connectivity index (χ4n) is 1.89. The van der Waals surface area contributed by atoms with Crippen molar-refractivity contribution in [3.8, 4) is 0 Å². The molecule has 1 aromatic rings. The van der Waals surface area contributed by atoms with E-state index in [2.05, 4.69) is 36.1 Å². The van der Waals surface area contributed by atoms with Gasteiger partial charge >= 0.3 is 0 Å². The molecule has 0 N–H and O–H groups in total. The summed E-state index contributed by atoms with van der Waals surface area (Å²) in [6.07, 6.45) is 2.76. The van der Waals surface area contributed by atoms with Crippen LogP contribution in [-0.2, 0) is 6.54 Å². The quantitative estimate of drug-likeness (QED) is 0.721. The van der Waals surface area contributed by atoms with E-state index in [-0.39, 0.29) is 0 Å². The lowest BCUT2D eigenvalue weighted by Crippen LogP contribution is -2.18. The number of hydrogen-bond acceptors (Lipinski definition) is 1. The van der Waals surface area contributed by atoms with Crippen LogP contribution in [0.4, 0.5) is 0 Å². The Balaban J connectivity index is 0.000000581. The van der Waals surface area contributed by atoms with Gasteiger partial charge in [-0.05, 0) is 38.4 Å². The summed E-state index contributed by atoms with van der Waals surface area (Å²) < 4.78 is 0. The summed E-state index contributed by atoms with van der Waals surface area (Å²) in [5, 5.41) is 0. The summed E-state index contributed by atoms with van der Waals surface area (Å²) in [7, 11) is 0. The lowest BCUT2D eigenvalue weighted by Gasteiger charge is -2.14. The largest absolute Gasteiger partial charge is 0.299 e. The molecule has 1 saturated heterocycles. The highest BCUT2D eigenvalue weighted by Crippen LogP contribution is 2.12. The van der Waals surface area contributed by atoms with E-state index in [1.165, 1.54) is 37.1 Å². The molecule has 0 aromatic heterocycles. The summed E-state index contributed by atoms with van der Waals surface area (Å²) >= 11 is 0. The number of benzene rings is 1. The zero-order valence-corrected chi connectivity index (χ0v) is 12.3. The van der Waals surface area contributed by atoms with E-state index < -0.39 is 0 Å². The molecular formula is C16H29N. The first-order valence-electron chi connectivity index (χ1n) is 7.12. The van der Waals surface area contributed by atoms with Gasteiger partial charge in [0, 0.05) is 6.54 Å². The molecule has 1 aliphatic heterocycles. The molecule has 0 aliphatic carbocycles. The van der Waals surface area contributed by atoms with Crippen molar-refractivity contribution in [2.24, 2.45) is 0 Å². The molecule has 1 fully saturated rings. The summed E-state index contributed by atoms with van der Waals surface area (Å²) in [5.41, 5.74) is 2.80. The van der Waals surface area contributed by atoms with Gasteiger partial charge in [-0.1, -0.05) is 57.5 Å². The molecule has 17 heavy (non-hydrogen) atoms. The highest BCUT2D eigenvalue weighted by atomic mass is 15.1. The van der Waals surface area contributed by atoms with E-state index in [0.717, 1.165) is 6.54 Å². The summed E-state index contributed by atoms with van der Waals surface area (Å²) in [6.45, 7) is 13.8. The van der Waals surface area contributed by atoms with Crippen LogP contribution in [0.25, 0.3) is 0 Å². The third-order valence-corrected chi connectivity index (χ3v) is 2.73. The maximum Gasteiger partial charge on any atom is 0.0233 e. The van der Waals surface area contributed by atoms with Crippen LogP contribution in [0.5, 0.6) is 0 Å². The van der Waals surface area contributed by atoms with Gasteiger partial charge in [0.2, 0.25) is 0 Å². The molecule has 0 unspecified atom stereocenters. The van der Waals surface area contributed by atoms with Crippen molar-refractivity contribution in [2.45, 2.75) is 54.0 Å². The number of aryl methyl sites for hydroxylation is 1. The molecule has 98 valence electrons. The smallest absolute Gasteiger partial charge is 0.0233 e. The summed E-state index contributed by atoms with van der Waals surface area (Å²) in [4.78, 5) is 2.53. The Kier molecular flexibility index (Phi) is 9.84. The summed E-state index contributed by atoms with van der Waals surface area (Å²) in [6, 6.07) is 8.89. The summed E-state index contributed by atoms with van der Waals surface area (Å²) in [5.74, 6) is 0. The van der Waals surface area contributed by atoms with Crippen LogP contribution in [0, 0.1) is 6.92 Å². The molecule has 0 radical (unpaired) electrons. The molecule has 0 amide bonds. The molecule has 0 bridgehead atoms. The van der Waals surface area contributed by atoms with E-state index >= 15 is 0 Å². The van der Waals surface area contributed by atoms with E-state index in [0.29, 0.717) is 0 Å². The molecule has 1 aliphatic rings. The Labute approximate surface area is 108 Å². The lowest BCUT2D eigenvalue weighted by atomic mass is 10.1. The molecule has 1 heteroatoms. The molecule has 1 nitrogen and oxygen atoms in total. The van der Waals surface area contributed by atoms with Gasteiger partial charge in [-0.15, -0.1) is 0 Å². The van der Waals surface area contributed by atoms with Crippen LogP contribution in [-0.4, -0.2) is 18.0 Å². The fraction of sp³-hybridized carbons (Fsp3) is 0.625. The van der Waals surface area contributed by atoms with Crippen LogP contribution in [0.2, 0.25) is 0 Å². The van der Waals surface area contributed by atoms with Gasteiger partial charge in [0.05, 0.1) is 0 Å². The number of nitrogens with zero attached hydrogens (tertiary/aromatic N) is 1. The van der Waals surface area contributed by atoms with Crippen LogP contribution < -0.4 is 0 Å². The molecule has 0 saturated carbocycles. The standard InChI is InChI=1S/C12H17N.2C2H6/c1-11-4-6-12(7-5-11)10-13-8-2-3-9-13;2*1-2/h4-7H,2-3,8-10H2,1H3;2*1-2H3. The molecule has 0 atom stereocenters. The zero-order chi connectivity index (χ0) is 13.1. The van der Waals surface area contributed by atoms with E-state index in [1.807, 2.05) is 27.7 Å². The molecule has 1 aromatic carbocycles. The lowest BCUT2D eigenvalue weighted by molar-refractivity contribution is 0.331. The van der Waals surface area contributed by atoms with Crippen molar-refractivity contribution < 1.29 is 0 Å². The highest BCUT2D eigenvalue weighted by molar-refractivity contribution is 5.21. The van der Waals surface area contributed by atoms with Gasteiger partial charge < -0.3 is 0 Å². The average Bonchev–Trinajstić information content (AvgIpc) is 2.90. The Hall–Kier alpha value is -0.820. The molecule has 0 spiro atoms. The number of rotatable bonds is 2. The predicted molar refractivity (Wildman–Crippen MR) is 78.4 cm³/mol. The third kappa shape index (κ3) is 6.48. The third-order valence-electron chi connectivity index (χ3n) is 2.73. The normalized spacial score (nSPS) is 14.4. The second kappa shape index (κ2) is 10.3. The minimum Gasteiger partial charge on any atom is -0.299 e. The van der Waals surface area contributed by atoms with Gasteiger partial charge in [-0.25, -0.2) is 0 Å². The molecular weight excluding hydrogens is 206 g/mol. The Morgan fingerprint density at radius 1 is 0.882 bits per heavy atom. The van der Waals surface area contributed by atoms with Crippen LogP contribution in [0.3, 0.4) is 0 Å². The van der Waals surface area contributed by atoms with E-state index in [1.54, 1.807) is 0 Å². The first kappa shape index (κ1) is 16.2. The first-order chi connectivity index (χ1) is 8.34. The number of likely N-dealkylation sites (tertiary alicyclic amines) is 1. The average molecular weight is 235 g/mol. The van der Waals surface area contributed by atoms with Gasteiger partial charge in [-0.2, -0.15) is 0 Å². The monoisotopic (exact) mass is 235 g/mol. The second-order valence-electron chi connectivity index (χ2n) is 3.97. The predicted octanol–water partition coefficient (Wildman–Crippen LogP) is 4.64. The van der Waals surface area contributed by atoms with Crippen molar-refractivity contribution >= 4 is 0 Å². The first-order valence-corrected chi connectivity index (χ1v) is 7.12. The maximum absolute atomic E-state index is 2.53. The van der Waals surface area contributed by atoms with Crippen molar-refractivity contribution in [3.63, 3.8) is 0 Å². The topological polar surface area (TPSA) is 3.24 Å². The Morgan fingerprint density at radius 2 is 1.35 bits per heavy atom. The van der Waals surface area contributed by atoms with E-state index in [4.69, 9.17) is 0 Å². The number of hydrogen-bond donors (Lipinski definition) is 0. The van der Waals surface area contributed by atoms with Gasteiger partial charge in [0.1, 0.15) is 0 Å². The van der Waals surface area contributed by atoms with Crippen LogP contribution in [0.1, 0.15) is 51.7 Å². The molecule has 1 heterocycles. The maximum atomic E-state index is 2.53. The zero-order valence-electron chi connectivity index (χ0n) is 12.3. The Morgan fingerprint density at radius 3 is 1.82 bits per heavy atom.